The summed E-state index contributed by atoms with van der Waals surface area (Å²) in [6, 6.07) is 31.1. The van der Waals surface area contributed by atoms with E-state index in [1.54, 1.807) is 117 Å². The molecule has 4 N–H and O–H groups in total. The first kappa shape index (κ1) is 37.6. The van der Waals surface area contributed by atoms with Gasteiger partial charge >= 0.3 is 5.97 Å². The van der Waals surface area contributed by atoms with Gasteiger partial charge in [-0.05, 0) is 85.6 Å². The predicted molar refractivity (Wildman–Crippen MR) is 207 cm³/mol. The number of methoxy groups -OCH3 is 1. The zero-order valence-corrected chi connectivity index (χ0v) is 30.6. The van der Waals surface area contributed by atoms with Gasteiger partial charge in [0.05, 0.1) is 22.8 Å². The number of para-hydroxylation sites is 1. The number of hydrogen-bond donors (Lipinski definition) is 4. The average molecular weight is 753 g/mol. The summed E-state index contributed by atoms with van der Waals surface area (Å²) >= 11 is 8.36. The first-order valence-electron chi connectivity index (χ1n) is 15.8. The molecule has 4 aromatic carbocycles. The van der Waals surface area contributed by atoms with E-state index in [1.165, 1.54) is 24.9 Å². The Morgan fingerprint density at radius 1 is 0.788 bits per heavy atom. The Balaban J connectivity index is 1.30. The fraction of sp³-hybridized carbons (Fsp3) is 0.103. The number of benzene rings is 4. The van der Waals surface area contributed by atoms with Gasteiger partial charge in [-0.3, -0.25) is 19.2 Å². The Hall–Kier alpha value is -5.69. The number of ether oxygens (including phenoxy) is 1. The van der Waals surface area contributed by atoms with Crippen molar-refractivity contribution in [2.45, 2.75) is 24.0 Å². The second-order valence-electron chi connectivity index (χ2n) is 11.2. The maximum atomic E-state index is 13.5. The van der Waals surface area contributed by atoms with E-state index in [0.29, 0.717) is 38.0 Å². The largest absolute Gasteiger partial charge is 0.465 e. The molecule has 0 aliphatic carbocycles. The highest BCUT2D eigenvalue weighted by Gasteiger charge is 2.28. The summed E-state index contributed by atoms with van der Waals surface area (Å²) in [5.74, 6) is -2.57. The van der Waals surface area contributed by atoms with Crippen molar-refractivity contribution in [3.63, 3.8) is 0 Å². The molecule has 13 heteroatoms. The van der Waals surface area contributed by atoms with Gasteiger partial charge < -0.3 is 26.0 Å². The minimum atomic E-state index is -0.685. The third-order valence-electron chi connectivity index (χ3n) is 7.47. The number of thiophene rings is 1. The molecule has 0 spiro atoms. The average Bonchev–Trinajstić information content (AvgIpc) is 3.46. The van der Waals surface area contributed by atoms with Crippen LogP contribution in [0.4, 0.5) is 16.4 Å². The molecule has 1 atom stereocenters. The van der Waals surface area contributed by atoms with E-state index >= 15 is 0 Å². The molecular formula is C39H33ClN4O6S2. The highest BCUT2D eigenvalue weighted by molar-refractivity contribution is 8.00. The Labute approximate surface area is 313 Å². The molecule has 0 radical (unpaired) electrons. The van der Waals surface area contributed by atoms with Gasteiger partial charge in [-0.15, -0.1) is 23.1 Å². The van der Waals surface area contributed by atoms with E-state index in [9.17, 15) is 24.0 Å². The van der Waals surface area contributed by atoms with Crippen LogP contribution in [0.2, 0.25) is 5.02 Å². The van der Waals surface area contributed by atoms with Crippen molar-refractivity contribution in [1.82, 2.24) is 5.32 Å². The first-order chi connectivity index (χ1) is 25.0. The van der Waals surface area contributed by atoms with Gasteiger partial charge in [0.25, 0.3) is 17.7 Å². The predicted octanol–water partition coefficient (Wildman–Crippen LogP) is 8.28. The lowest BCUT2D eigenvalue weighted by Gasteiger charge is -2.14. The van der Waals surface area contributed by atoms with Crippen molar-refractivity contribution in [2.24, 2.45) is 0 Å². The second-order valence-corrected chi connectivity index (χ2v) is 14.1. The number of carbonyl (C=O) groups is 5. The monoisotopic (exact) mass is 752 g/mol. The molecule has 264 valence electrons. The lowest BCUT2D eigenvalue weighted by Crippen LogP contribution is -2.30. The minimum absolute atomic E-state index is 0.00797. The molecule has 10 nitrogen and oxygen atoms in total. The lowest BCUT2D eigenvalue weighted by molar-refractivity contribution is -0.115. The molecule has 52 heavy (non-hydrogen) atoms. The number of thioether (sulfide) groups is 1. The van der Waals surface area contributed by atoms with Crippen molar-refractivity contribution in [1.29, 1.82) is 0 Å². The zero-order chi connectivity index (χ0) is 37.2. The Morgan fingerprint density at radius 3 is 2.15 bits per heavy atom. The van der Waals surface area contributed by atoms with Crippen molar-refractivity contribution in [2.75, 3.05) is 23.1 Å². The van der Waals surface area contributed by atoms with Gasteiger partial charge in [0, 0.05) is 26.9 Å². The SMILES string of the molecule is COC(=O)c1c(NC(=O)C(C)Sc2cccc(NC(=O)/C(=C/c3cccc(Cl)c3)NC(=O)c3ccccc3)c2)sc(C(=O)Nc2ccccc2)c1C. The van der Waals surface area contributed by atoms with Crippen molar-refractivity contribution < 1.29 is 28.7 Å². The Bertz CT molecular complexity index is 2150. The number of esters is 1. The summed E-state index contributed by atoms with van der Waals surface area (Å²) in [4.78, 5) is 66.7. The van der Waals surface area contributed by atoms with E-state index in [1.807, 2.05) is 6.07 Å². The van der Waals surface area contributed by atoms with Gasteiger partial charge in [-0.2, -0.15) is 0 Å². The van der Waals surface area contributed by atoms with E-state index < -0.39 is 34.8 Å². The molecular weight excluding hydrogens is 720 g/mol. The summed E-state index contributed by atoms with van der Waals surface area (Å²) in [6.07, 6.45) is 1.53. The second kappa shape index (κ2) is 17.5. The summed E-state index contributed by atoms with van der Waals surface area (Å²) in [5, 5.41) is 11.1. The number of amides is 4. The van der Waals surface area contributed by atoms with Gasteiger partial charge in [-0.25, -0.2) is 4.79 Å². The fourth-order valence-electron chi connectivity index (χ4n) is 4.90. The van der Waals surface area contributed by atoms with Crippen LogP contribution in [-0.2, 0) is 14.3 Å². The zero-order valence-electron chi connectivity index (χ0n) is 28.2. The van der Waals surface area contributed by atoms with E-state index in [2.05, 4.69) is 21.3 Å². The molecule has 1 heterocycles. The van der Waals surface area contributed by atoms with Crippen LogP contribution >= 0.6 is 34.7 Å². The summed E-state index contributed by atoms with van der Waals surface area (Å²) in [7, 11) is 1.23. The number of rotatable bonds is 12. The van der Waals surface area contributed by atoms with Crippen LogP contribution in [0.15, 0.2) is 120 Å². The van der Waals surface area contributed by atoms with Crippen LogP contribution in [0, 0.1) is 6.92 Å². The molecule has 5 aromatic rings. The summed E-state index contributed by atoms with van der Waals surface area (Å²) < 4.78 is 4.96. The molecule has 0 aliphatic heterocycles. The maximum absolute atomic E-state index is 13.5. The standard InChI is InChI=1S/C39H33ClN4O6S2/c1-23-32(39(49)50-3)38(52-33(23)37(48)41-28-16-8-5-9-17-28)44-34(45)24(2)51-30-19-11-18-29(22-30)42-36(47)31(21-25-12-10-15-27(40)20-25)43-35(46)26-13-6-4-7-14-26/h4-22,24H,1-3H3,(H,41,48)(H,42,47)(H,43,46)(H,44,45)/b31-21-. The van der Waals surface area contributed by atoms with Crippen LogP contribution < -0.4 is 21.3 Å². The molecule has 0 bridgehead atoms. The minimum Gasteiger partial charge on any atom is -0.465 e. The Morgan fingerprint density at radius 2 is 1.46 bits per heavy atom. The number of carbonyl (C=O) groups excluding carboxylic acids is 5. The van der Waals surface area contributed by atoms with Crippen LogP contribution in [0.1, 0.15) is 48.4 Å². The number of hydrogen-bond acceptors (Lipinski definition) is 8. The Kier molecular flexibility index (Phi) is 12.6. The normalized spacial score (nSPS) is 11.6. The maximum Gasteiger partial charge on any atom is 0.341 e. The summed E-state index contributed by atoms with van der Waals surface area (Å²) in [5.41, 5.74) is 2.46. The van der Waals surface area contributed by atoms with Gasteiger partial charge in [0.15, 0.2) is 0 Å². The molecule has 1 aromatic heterocycles. The molecule has 4 amide bonds. The molecule has 1 unspecified atom stereocenters. The lowest BCUT2D eigenvalue weighted by atomic mass is 10.1. The number of anilines is 3. The van der Waals surface area contributed by atoms with Gasteiger partial charge in [-0.1, -0.05) is 66.2 Å². The first-order valence-corrected chi connectivity index (χ1v) is 17.9. The molecule has 0 fully saturated rings. The molecule has 0 aliphatic rings. The highest BCUT2D eigenvalue weighted by Crippen LogP contribution is 2.35. The molecule has 5 rings (SSSR count). The third kappa shape index (κ3) is 9.75. The topological polar surface area (TPSA) is 143 Å². The third-order valence-corrected chi connectivity index (χ3v) is 10.0. The van der Waals surface area contributed by atoms with Crippen molar-refractivity contribution in [3.05, 3.63) is 147 Å². The van der Waals surface area contributed by atoms with Gasteiger partial charge in [0.2, 0.25) is 5.91 Å². The van der Waals surface area contributed by atoms with Crippen LogP contribution in [0.25, 0.3) is 6.08 Å². The quantitative estimate of drug-likeness (QED) is 0.0571. The van der Waals surface area contributed by atoms with Crippen LogP contribution in [-0.4, -0.2) is 42.0 Å². The van der Waals surface area contributed by atoms with Crippen molar-refractivity contribution in [3.8, 4) is 0 Å². The number of halogens is 1. The van der Waals surface area contributed by atoms with E-state index in [4.69, 9.17) is 16.3 Å². The van der Waals surface area contributed by atoms with E-state index in [-0.39, 0.29) is 21.1 Å². The van der Waals surface area contributed by atoms with Crippen LogP contribution in [0.3, 0.4) is 0 Å². The summed E-state index contributed by atoms with van der Waals surface area (Å²) in [6.45, 7) is 3.32. The smallest absolute Gasteiger partial charge is 0.341 e. The van der Waals surface area contributed by atoms with E-state index in [0.717, 1.165) is 11.3 Å². The number of nitrogens with one attached hydrogen (secondary N) is 4. The van der Waals surface area contributed by atoms with Crippen molar-refractivity contribution >= 4 is 86.7 Å². The highest BCUT2D eigenvalue weighted by atomic mass is 35.5. The fourth-order valence-corrected chi connectivity index (χ4v) is 7.12. The van der Waals surface area contributed by atoms with Crippen LogP contribution in [0.5, 0.6) is 0 Å². The molecule has 0 saturated carbocycles. The van der Waals surface area contributed by atoms with Gasteiger partial charge in [0.1, 0.15) is 10.7 Å². The molecule has 0 saturated heterocycles.